The summed E-state index contributed by atoms with van der Waals surface area (Å²) in [7, 11) is 4.16. The van der Waals surface area contributed by atoms with Gasteiger partial charge in [0.05, 0.1) is 0 Å². The van der Waals surface area contributed by atoms with Gasteiger partial charge in [-0.05, 0) is 51.6 Å². The molecule has 0 aromatic heterocycles. The third-order valence-corrected chi connectivity index (χ3v) is 4.53. The van der Waals surface area contributed by atoms with E-state index < -0.39 is 0 Å². The molecule has 20 heavy (non-hydrogen) atoms. The third kappa shape index (κ3) is 2.96. The molecule has 4 nitrogen and oxygen atoms in total. The van der Waals surface area contributed by atoms with Crippen LogP contribution in [0.2, 0.25) is 0 Å². The zero-order valence-corrected chi connectivity index (χ0v) is 12.6. The van der Waals surface area contributed by atoms with Crippen LogP contribution in [0, 0.1) is 6.92 Å². The van der Waals surface area contributed by atoms with Crippen LogP contribution in [-0.2, 0) is 0 Å². The molecule has 0 spiro atoms. The van der Waals surface area contributed by atoms with Crippen molar-refractivity contribution in [3.8, 4) is 5.75 Å². The predicted octanol–water partition coefficient (Wildman–Crippen LogP) is 2.30. The lowest BCUT2D eigenvalue weighted by atomic mass is 9.96. The molecule has 1 saturated carbocycles. The van der Waals surface area contributed by atoms with Crippen molar-refractivity contribution < 1.29 is 9.90 Å². The molecule has 0 radical (unpaired) electrons. The van der Waals surface area contributed by atoms with E-state index in [-0.39, 0.29) is 17.2 Å². The van der Waals surface area contributed by atoms with Gasteiger partial charge in [0.1, 0.15) is 5.75 Å². The van der Waals surface area contributed by atoms with Gasteiger partial charge < -0.3 is 15.3 Å². The summed E-state index contributed by atoms with van der Waals surface area (Å²) < 4.78 is 0. The highest BCUT2D eigenvalue weighted by molar-refractivity contribution is 5.94. The Morgan fingerprint density at radius 3 is 2.55 bits per heavy atom. The van der Waals surface area contributed by atoms with E-state index in [1.54, 1.807) is 12.1 Å². The first-order valence-electron chi connectivity index (χ1n) is 7.20. The zero-order chi connectivity index (χ0) is 14.8. The molecule has 1 aliphatic rings. The van der Waals surface area contributed by atoms with Crippen LogP contribution in [0.1, 0.15) is 41.6 Å². The van der Waals surface area contributed by atoms with Gasteiger partial charge in [-0.3, -0.25) is 4.79 Å². The second-order valence-electron chi connectivity index (χ2n) is 6.01. The number of phenols is 1. The molecule has 0 aliphatic heterocycles. The molecule has 0 saturated heterocycles. The number of carbonyl (C=O) groups is 1. The Balaban J connectivity index is 2.02. The minimum atomic E-state index is -0.117. The largest absolute Gasteiger partial charge is 0.508 e. The molecule has 1 aromatic rings. The van der Waals surface area contributed by atoms with Crippen LogP contribution in [0.3, 0.4) is 0 Å². The Bertz CT molecular complexity index is 491. The van der Waals surface area contributed by atoms with Crippen LogP contribution < -0.4 is 5.32 Å². The highest BCUT2D eigenvalue weighted by Crippen LogP contribution is 2.33. The van der Waals surface area contributed by atoms with E-state index >= 15 is 0 Å². The summed E-state index contributed by atoms with van der Waals surface area (Å²) in [5.74, 6) is 0.0502. The summed E-state index contributed by atoms with van der Waals surface area (Å²) in [5, 5.41) is 12.7. The quantitative estimate of drug-likeness (QED) is 0.887. The standard InChI is InChI=1S/C16H24N2O2/c1-12-6-7-13(10-14(12)19)15(20)17-11-16(18(2)3)8-4-5-9-16/h6-7,10,19H,4-5,8-9,11H2,1-3H3,(H,17,20). The third-order valence-electron chi connectivity index (χ3n) is 4.53. The molecule has 2 N–H and O–H groups in total. The molecule has 110 valence electrons. The number of rotatable bonds is 4. The van der Waals surface area contributed by atoms with Crippen molar-refractivity contribution in [3.05, 3.63) is 29.3 Å². The molecule has 2 rings (SSSR count). The van der Waals surface area contributed by atoms with Gasteiger partial charge in [0.15, 0.2) is 0 Å². The van der Waals surface area contributed by atoms with E-state index in [1.807, 2.05) is 6.92 Å². The maximum absolute atomic E-state index is 12.2. The van der Waals surface area contributed by atoms with Gasteiger partial charge in [0, 0.05) is 17.6 Å². The molecule has 1 aromatic carbocycles. The number of nitrogens with zero attached hydrogens (tertiary/aromatic N) is 1. The van der Waals surface area contributed by atoms with Crippen molar-refractivity contribution in [2.45, 2.75) is 38.1 Å². The zero-order valence-electron chi connectivity index (χ0n) is 12.6. The molecule has 0 bridgehead atoms. The van der Waals surface area contributed by atoms with Gasteiger partial charge in [-0.15, -0.1) is 0 Å². The van der Waals surface area contributed by atoms with Gasteiger partial charge in [0.25, 0.3) is 5.91 Å². The van der Waals surface area contributed by atoms with Crippen LogP contribution >= 0.6 is 0 Å². The number of likely N-dealkylation sites (N-methyl/N-ethyl adjacent to an activating group) is 1. The monoisotopic (exact) mass is 276 g/mol. The number of carbonyl (C=O) groups excluding carboxylic acids is 1. The molecule has 0 heterocycles. The predicted molar refractivity (Wildman–Crippen MR) is 80.1 cm³/mol. The summed E-state index contributed by atoms with van der Waals surface area (Å²) in [6.07, 6.45) is 4.69. The summed E-state index contributed by atoms with van der Waals surface area (Å²) >= 11 is 0. The summed E-state index contributed by atoms with van der Waals surface area (Å²) in [4.78, 5) is 14.4. The molecule has 4 heteroatoms. The Hall–Kier alpha value is -1.55. The van der Waals surface area contributed by atoms with Gasteiger partial charge in [-0.2, -0.15) is 0 Å². The fourth-order valence-corrected chi connectivity index (χ4v) is 2.91. The molecule has 0 unspecified atom stereocenters. The Kier molecular flexibility index (Phi) is 4.33. The van der Waals surface area contributed by atoms with Gasteiger partial charge >= 0.3 is 0 Å². The number of phenolic OH excluding ortho intramolecular Hbond substituents is 1. The summed E-state index contributed by atoms with van der Waals surface area (Å²) in [6, 6.07) is 5.05. The minimum Gasteiger partial charge on any atom is -0.508 e. The van der Waals surface area contributed by atoms with Crippen molar-refractivity contribution in [2.24, 2.45) is 0 Å². The normalized spacial score (nSPS) is 17.4. The van der Waals surface area contributed by atoms with E-state index in [4.69, 9.17) is 0 Å². The van der Waals surface area contributed by atoms with E-state index in [0.717, 1.165) is 18.4 Å². The number of benzene rings is 1. The highest BCUT2D eigenvalue weighted by atomic mass is 16.3. The van der Waals surface area contributed by atoms with Crippen molar-refractivity contribution in [1.29, 1.82) is 0 Å². The lowest BCUT2D eigenvalue weighted by Crippen LogP contribution is -2.50. The van der Waals surface area contributed by atoms with Crippen LogP contribution in [0.5, 0.6) is 5.75 Å². The number of hydrogen-bond acceptors (Lipinski definition) is 3. The second-order valence-corrected chi connectivity index (χ2v) is 6.01. The first-order valence-corrected chi connectivity index (χ1v) is 7.20. The first kappa shape index (κ1) is 14.9. The summed E-state index contributed by atoms with van der Waals surface area (Å²) in [5.41, 5.74) is 1.38. The number of aryl methyl sites for hydroxylation is 1. The van der Waals surface area contributed by atoms with Crippen LogP contribution in [0.15, 0.2) is 18.2 Å². The fourth-order valence-electron chi connectivity index (χ4n) is 2.91. The van der Waals surface area contributed by atoms with E-state index in [2.05, 4.69) is 24.3 Å². The van der Waals surface area contributed by atoms with E-state index in [1.165, 1.54) is 18.9 Å². The molecule has 0 atom stereocenters. The maximum atomic E-state index is 12.2. The van der Waals surface area contributed by atoms with E-state index in [0.29, 0.717) is 12.1 Å². The van der Waals surface area contributed by atoms with Crippen molar-refractivity contribution in [2.75, 3.05) is 20.6 Å². The van der Waals surface area contributed by atoms with Crippen molar-refractivity contribution in [3.63, 3.8) is 0 Å². The number of hydrogen-bond donors (Lipinski definition) is 2. The van der Waals surface area contributed by atoms with Gasteiger partial charge in [0.2, 0.25) is 0 Å². The van der Waals surface area contributed by atoms with E-state index in [9.17, 15) is 9.90 Å². The molecule has 1 amide bonds. The Morgan fingerprint density at radius 2 is 2.00 bits per heavy atom. The second kappa shape index (κ2) is 5.83. The average molecular weight is 276 g/mol. The molecular formula is C16H24N2O2. The smallest absolute Gasteiger partial charge is 0.251 e. The summed E-state index contributed by atoms with van der Waals surface area (Å²) in [6.45, 7) is 2.48. The first-order chi connectivity index (χ1) is 9.44. The topological polar surface area (TPSA) is 52.6 Å². The van der Waals surface area contributed by atoms with Gasteiger partial charge in [-0.1, -0.05) is 18.9 Å². The van der Waals surface area contributed by atoms with Crippen LogP contribution in [0.4, 0.5) is 0 Å². The molecule has 1 fully saturated rings. The SMILES string of the molecule is Cc1ccc(C(=O)NCC2(N(C)C)CCCC2)cc1O. The number of amides is 1. The van der Waals surface area contributed by atoms with Crippen LogP contribution in [-0.4, -0.2) is 42.1 Å². The van der Waals surface area contributed by atoms with Crippen molar-refractivity contribution >= 4 is 5.91 Å². The molecule has 1 aliphatic carbocycles. The highest BCUT2D eigenvalue weighted by Gasteiger charge is 2.36. The lowest BCUT2D eigenvalue weighted by Gasteiger charge is -2.36. The number of aromatic hydroxyl groups is 1. The fraction of sp³-hybridized carbons (Fsp3) is 0.562. The Morgan fingerprint density at radius 1 is 1.35 bits per heavy atom. The average Bonchev–Trinajstić information content (AvgIpc) is 2.89. The minimum absolute atomic E-state index is 0.0857. The molecular weight excluding hydrogens is 252 g/mol. The maximum Gasteiger partial charge on any atom is 0.251 e. The Labute approximate surface area is 120 Å². The van der Waals surface area contributed by atoms with Crippen LogP contribution in [0.25, 0.3) is 0 Å². The lowest BCUT2D eigenvalue weighted by molar-refractivity contribution is 0.0899. The number of nitrogens with one attached hydrogen (secondary N) is 1. The van der Waals surface area contributed by atoms with Crippen molar-refractivity contribution in [1.82, 2.24) is 10.2 Å². The van der Waals surface area contributed by atoms with Gasteiger partial charge in [-0.25, -0.2) is 0 Å².